The zero-order valence-corrected chi connectivity index (χ0v) is 12.5. The van der Waals surface area contributed by atoms with E-state index in [9.17, 15) is 4.79 Å². The highest BCUT2D eigenvalue weighted by Crippen LogP contribution is 2.30. The Morgan fingerprint density at radius 3 is 2.65 bits per heavy atom. The standard InChI is InChI=1S/C16H22N2O2/c1-11(2)10-20-13-7-5-6-12(8-13)9-14-16(3,4)15(19)18-17-14/h5-9,11,17H,10H2,1-4H3,(H,18,19)/b14-9-. The van der Waals surface area contributed by atoms with Gasteiger partial charge in [-0.05, 0) is 43.5 Å². The Morgan fingerprint density at radius 1 is 1.30 bits per heavy atom. The van der Waals surface area contributed by atoms with Gasteiger partial charge in [0.1, 0.15) is 5.75 Å². The largest absolute Gasteiger partial charge is 0.493 e. The molecule has 1 saturated heterocycles. The zero-order valence-electron chi connectivity index (χ0n) is 12.5. The number of carbonyl (C=O) groups excluding carboxylic acids is 1. The van der Waals surface area contributed by atoms with Crippen LogP contribution in [0.2, 0.25) is 0 Å². The lowest BCUT2D eigenvalue weighted by atomic mass is 9.89. The maximum atomic E-state index is 11.7. The molecule has 2 rings (SSSR count). The first-order valence-corrected chi connectivity index (χ1v) is 6.91. The first-order valence-electron chi connectivity index (χ1n) is 6.91. The maximum Gasteiger partial charge on any atom is 0.249 e. The summed E-state index contributed by atoms with van der Waals surface area (Å²) in [4.78, 5) is 11.7. The van der Waals surface area contributed by atoms with Crippen molar-refractivity contribution in [3.05, 3.63) is 35.5 Å². The lowest BCUT2D eigenvalue weighted by molar-refractivity contribution is -0.125. The Hall–Kier alpha value is -1.97. The molecule has 0 spiro atoms. The van der Waals surface area contributed by atoms with E-state index in [4.69, 9.17) is 4.74 Å². The molecule has 20 heavy (non-hydrogen) atoms. The number of rotatable bonds is 4. The first-order chi connectivity index (χ1) is 9.39. The van der Waals surface area contributed by atoms with E-state index >= 15 is 0 Å². The monoisotopic (exact) mass is 274 g/mol. The molecule has 1 aliphatic rings. The molecule has 1 heterocycles. The second kappa shape index (κ2) is 5.57. The average molecular weight is 274 g/mol. The summed E-state index contributed by atoms with van der Waals surface area (Å²) < 4.78 is 5.71. The van der Waals surface area contributed by atoms with Gasteiger partial charge in [0.2, 0.25) is 5.91 Å². The van der Waals surface area contributed by atoms with Crippen LogP contribution in [-0.2, 0) is 4.79 Å². The molecule has 4 nitrogen and oxygen atoms in total. The highest BCUT2D eigenvalue weighted by molar-refractivity contribution is 5.89. The Balaban J connectivity index is 2.18. The van der Waals surface area contributed by atoms with Crippen molar-refractivity contribution in [3.8, 4) is 5.75 Å². The summed E-state index contributed by atoms with van der Waals surface area (Å²) in [6.45, 7) is 8.73. The van der Waals surface area contributed by atoms with E-state index in [1.165, 1.54) is 0 Å². The first kappa shape index (κ1) is 14.4. The molecule has 1 amide bonds. The molecule has 4 heteroatoms. The summed E-state index contributed by atoms with van der Waals surface area (Å²) in [7, 11) is 0. The van der Waals surface area contributed by atoms with E-state index in [1.807, 2.05) is 44.2 Å². The molecule has 0 radical (unpaired) electrons. The minimum absolute atomic E-state index is 0.0176. The Labute approximate surface area is 120 Å². The predicted molar refractivity (Wildman–Crippen MR) is 79.8 cm³/mol. The normalized spacial score (nSPS) is 19.1. The number of hydrogen-bond donors (Lipinski definition) is 2. The van der Waals surface area contributed by atoms with Crippen molar-refractivity contribution < 1.29 is 9.53 Å². The third kappa shape index (κ3) is 3.13. The predicted octanol–water partition coefficient (Wildman–Crippen LogP) is 2.72. The van der Waals surface area contributed by atoms with E-state index in [0.29, 0.717) is 12.5 Å². The van der Waals surface area contributed by atoms with Gasteiger partial charge < -0.3 is 10.2 Å². The minimum Gasteiger partial charge on any atom is -0.493 e. The molecule has 0 aliphatic carbocycles. The van der Waals surface area contributed by atoms with Crippen LogP contribution in [0.1, 0.15) is 33.3 Å². The lowest BCUT2D eigenvalue weighted by Gasteiger charge is -2.14. The van der Waals surface area contributed by atoms with Crippen LogP contribution in [0.3, 0.4) is 0 Å². The second-order valence-electron chi connectivity index (χ2n) is 6.04. The smallest absolute Gasteiger partial charge is 0.249 e. The number of benzene rings is 1. The lowest BCUT2D eigenvalue weighted by Crippen LogP contribution is -2.28. The Bertz CT molecular complexity index is 533. The van der Waals surface area contributed by atoms with Crippen LogP contribution in [0.25, 0.3) is 6.08 Å². The fourth-order valence-electron chi connectivity index (χ4n) is 1.90. The van der Waals surface area contributed by atoms with E-state index < -0.39 is 5.41 Å². The van der Waals surface area contributed by atoms with Crippen molar-refractivity contribution in [2.24, 2.45) is 11.3 Å². The highest BCUT2D eigenvalue weighted by Gasteiger charge is 2.37. The number of carbonyl (C=O) groups is 1. The van der Waals surface area contributed by atoms with Crippen LogP contribution in [-0.4, -0.2) is 12.5 Å². The molecule has 0 aromatic heterocycles. The zero-order chi connectivity index (χ0) is 14.8. The average Bonchev–Trinajstić information content (AvgIpc) is 2.64. The molecular weight excluding hydrogens is 252 g/mol. The number of hydrazine groups is 1. The Morgan fingerprint density at radius 2 is 2.05 bits per heavy atom. The van der Waals surface area contributed by atoms with Crippen molar-refractivity contribution in [1.29, 1.82) is 0 Å². The van der Waals surface area contributed by atoms with E-state index in [1.54, 1.807) is 0 Å². The van der Waals surface area contributed by atoms with Crippen LogP contribution in [0.5, 0.6) is 5.75 Å². The fourth-order valence-corrected chi connectivity index (χ4v) is 1.90. The van der Waals surface area contributed by atoms with Crippen LogP contribution in [0, 0.1) is 11.3 Å². The highest BCUT2D eigenvalue weighted by atomic mass is 16.5. The van der Waals surface area contributed by atoms with E-state index in [0.717, 1.165) is 17.0 Å². The SMILES string of the molecule is CC(C)COc1cccc(/C=C2\NNC(=O)C2(C)C)c1. The van der Waals surface area contributed by atoms with Crippen molar-refractivity contribution in [2.75, 3.05) is 6.61 Å². The third-order valence-corrected chi connectivity index (χ3v) is 3.30. The summed E-state index contributed by atoms with van der Waals surface area (Å²) in [5, 5.41) is 0. The molecule has 1 fully saturated rings. The number of hydrogen-bond acceptors (Lipinski definition) is 3. The van der Waals surface area contributed by atoms with Gasteiger partial charge in [0.15, 0.2) is 0 Å². The van der Waals surface area contributed by atoms with Crippen molar-refractivity contribution >= 4 is 12.0 Å². The molecule has 2 N–H and O–H groups in total. The molecule has 0 unspecified atom stereocenters. The van der Waals surface area contributed by atoms with Crippen molar-refractivity contribution in [2.45, 2.75) is 27.7 Å². The summed E-state index contributed by atoms with van der Waals surface area (Å²) in [6, 6.07) is 7.88. The van der Waals surface area contributed by atoms with Gasteiger partial charge >= 0.3 is 0 Å². The molecule has 0 atom stereocenters. The van der Waals surface area contributed by atoms with Gasteiger partial charge in [-0.2, -0.15) is 0 Å². The topological polar surface area (TPSA) is 50.4 Å². The van der Waals surface area contributed by atoms with Crippen LogP contribution >= 0.6 is 0 Å². The molecule has 108 valence electrons. The van der Waals surface area contributed by atoms with Crippen molar-refractivity contribution in [3.63, 3.8) is 0 Å². The van der Waals surface area contributed by atoms with Gasteiger partial charge in [-0.1, -0.05) is 26.0 Å². The molecule has 1 aromatic carbocycles. The molecule has 1 aliphatic heterocycles. The summed E-state index contributed by atoms with van der Waals surface area (Å²) in [5.41, 5.74) is 6.93. The molecule has 0 bridgehead atoms. The van der Waals surface area contributed by atoms with Gasteiger partial charge in [-0.15, -0.1) is 0 Å². The fraction of sp³-hybridized carbons (Fsp3) is 0.438. The van der Waals surface area contributed by atoms with Gasteiger partial charge in [-0.3, -0.25) is 10.2 Å². The Kier molecular flexibility index (Phi) is 4.02. The van der Waals surface area contributed by atoms with Crippen molar-refractivity contribution in [1.82, 2.24) is 10.9 Å². The summed E-state index contributed by atoms with van der Waals surface area (Å²) in [5.74, 6) is 1.33. The molecule has 0 saturated carbocycles. The van der Waals surface area contributed by atoms with Crippen LogP contribution < -0.4 is 15.6 Å². The van der Waals surface area contributed by atoms with Gasteiger partial charge in [-0.25, -0.2) is 0 Å². The minimum atomic E-state index is -0.533. The van der Waals surface area contributed by atoms with Gasteiger partial charge in [0.05, 0.1) is 12.0 Å². The summed E-state index contributed by atoms with van der Waals surface area (Å²) >= 11 is 0. The number of amides is 1. The number of nitrogens with one attached hydrogen (secondary N) is 2. The summed E-state index contributed by atoms with van der Waals surface area (Å²) in [6.07, 6.45) is 1.97. The molecular formula is C16H22N2O2. The quantitative estimate of drug-likeness (QED) is 0.887. The van der Waals surface area contributed by atoms with Crippen LogP contribution in [0.4, 0.5) is 0 Å². The number of ether oxygens (including phenoxy) is 1. The van der Waals surface area contributed by atoms with Crippen LogP contribution in [0.15, 0.2) is 30.0 Å². The van der Waals surface area contributed by atoms with Gasteiger partial charge in [0, 0.05) is 5.70 Å². The van der Waals surface area contributed by atoms with E-state index in [2.05, 4.69) is 24.7 Å². The van der Waals surface area contributed by atoms with Gasteiger partial charge in [0.25, 0.3) is 0 Å². The maximum absolute atomic E-state index is 11.7. The second-order valence-corrected chi connectivity index (χ2v) is 6.04. The molecule has 1 aromatic rings. The van der Waals surface area contributed by atoms with E-state index in [-0.39, 0.29) is 5.91 Å². The third-order valence-electron chi connectivity index (χ3n) is 3.30.